The number of ether oxygens (including phenoxy) is 4. The lowest BCUT2D eigenvalue weighted by Gasteiger charge is -2.27. The normalized spacial score (nSPS) is 15.6. The first-order valence-electron chi connectivity index (χ1n) is 10.1. The number of halogens is 1. The summed E-state index contributed by atoms with van der Waals surface area (Å²) >= 11 is 6.35. The highest BCUT2D eigenvalue weighted by molar-refractivity contribution is 6.32. The molecule has 1 aliphatic rings. The number of aryl methyl sites for hydroxylation is 1. The van der Waals surface area contributed by atoms with E-state index in [-0.39, 0.29) is 47.4 Å². The van der Waals surface area contributed by atoms with Gasteiger partial charge in [-0.05, 0) is 49.1 Å². The summed E-state index contributed by atoms with van der Waals surface area (Å²) in [4.78, 5) is 26.8. The molecule has 8 nitrogen and oxygen atoms in total. The summed E-state index contributed by atoms with van der Waals surface area (Å²) in [6.45, 7) is 2.37. The maximum atomic E-state index is 13.6. The van der Waals surface area contributed by atoms with Crippen LogP contribution in [0.25, 0.3) is 0 Å². The van der Waals surface area contributed by atoms with Gasteiger partial charge in [-0.15, -0.1) is 0 Å². The third-order valence-electron chi connectivity index (χ3n) is 5.33. The number of hydrogen-bond donors (Lipinski definition) is 1. The summed E-state index contributed by atoms with van der Waals surface area (Å²) < 4.78 is 21.0. The molecule has 1 unspecified atom stereocenters. The van der Waals surface area contributed by atoms with Crippen molar-refractivity contribution < 1.29 is 33.6 Å². The molecule has 2 aromatic carbocycles. The number of aromatic carboxylic acids is 1. The molecule has 1 atom stereocenters. The van der Waals surface area contributed by atoms with E-state index in [0.717, 1.165) is 24.0 Å². The number of carbonyl (C=O) groups is 2. The second-order valence-corrected chi connectivity index (χ2v) is 7.82. The van der Waals surface area contributed by atoms with E-state index < -0.39 is 5.97 Å². The van der Waals surface area contributed by atoms with Crippen LogP contribution in [0.5, 0.6) is 11.5 Å². The van der Waals surface area contributed by atoms with Crippen LogP contribution in [0.4, 0.5) is 0 Å². The van der Waals surface area contributed by atoms with E-state index >= 15 is 0 Å². The summed E-state index contributed by atoms with van der Waals surface area (Å²) in [5.74, 6) is -0.678. The largest absolute Gasteiger partial charge is 0.478 e. The molecule has 0 spiro atoms. The third kappa shape index (κ3) is 5.15. The van der Waals surface area contributed by atoms with Gasteiger partial charge in [-0.1, -0.05) is 17.7 Å². The molecule has 0 radical (unpaired) electrons. The van der Waals surface area contributed by atoms with E-state index in [2.05, 4.69) is 0 Å². The number of hydrogen-bond acceptors (Lipinski definition) is 6. The molecule has 1 heterocycles. The Morgan fingerprint density at radius 2 is 1.78 bits per heavy atom. The molecule has 0 aromatic heterocycles. The second kappa shape index (κ2) is 10.7. The van der Waals surface area contributed by atoms with Crippen LogP contribution in [0.15, 0.2) is 30.3 Å². The summed E-state index contributed by atoms with van der Waals surface area (Å²) in [6.07, 6.45) is 1.52. The first-order valence-corrected chi connectivity index (χ1v) is 10.5. The lowest BCUT2D eigenvalue weighted by molar-refractivity contribution is 0.0448. The van der Waals surface area contributed by atoms with Crippen LogP contribution < -0.4 is 9.47 Å². The quantitative estimate of drug-likeness (QED) is 0.554. The zero-order valence-electron chi connectivity index (χ0n) is 18.2. The monoisotopic (exact) mass is 463 g/mol. The van der Waals surface area contributed by atoms with Gasteiger partial charge in [0.15, 0.2) is 13.6 Å². The fourth-order valence-electron chi connectivity index (χ4n) is 3.80. The van der Waals surface area contributed by atoms with Crippen LogP contribution >= 0.6 is 11.6 Å². The molecule has 1 saturated heterocycles. The number of carbonyl (C=O) groups excluding carboxylic acids is 1. The van der Waals surface area contributed by atoms with Gasteiger partial charge in [-0.2, -0.15) is 0 Å². The molecule has 0 saturated carbocycles. The molecule has 1 amide bonds. The molecule has 2 aromatic rings. The van der Waals surface area contributed by atoms with Gasteiger partial charge in [-0.25, -0.2) is 4.79 Å². The van der Waals surface area contributed by atoms with E-state index in [1.165, 1.54) is 26.4 Å². The van der Waals surface area contributed by atoms with Crippen molar-refractivity contribution in [2.45, 2.75) is 25.8 Å². The maximum absolute atomic E-state index is 13.6. The predicted octanol–water partition coefficient (Wildman–Crippen LogP) is 4.29. The van der Waals surface area contributed by atoms with Crippen molar-refractivity contribution in [2.75, 3.05) is 34.4 Å². The topological polar surface area (TPSA) is 94.5 Å². The van der Waals surface area contributed by atoms with Gasteiger partial charge in [0.05, 0.1) is 22.2 Å². The van der Waals surface area contributed by atoms with E-state index in [4.69, 9.17) is 30.5 Å². The van der Waals surface area contributed by atoms with Crippen molar-refractivity contribution in [3.8, 4) is 11.5 Å². The molecule has 0 bridgehead atoms. The predicted molar refractivity (Wildman–Crippen MR) is 118 cm³/mol. The van der Waals surface area contributed by atoms with Crippen molar-refractivity contribution >= 4 is 23.5 Å². The molecule has 3 rings (SSSR count). The van der Waals surface area contributed by atoms with Gasteiger partial charge >= 0.3 is 5.97 Å². The van der Waals surface area contributed by atoms with Crippen LogP contribution in [-0.2, 0) is 9.47 Å². The number of likely N-dealkylation sites (tertiary alicyclic amines) is 1. The lowest BCUT2D eigenvalue weighted by atomic mass is 9.96. The van der Waals surface area contributed by atoms with Gasteiger partial charge in [0.25, 0.3) is 5.91 Å². The van der Waals surface area contributed by atoms with Crippen molar-refractivity contribution in [3.05, 3.63) is 57.6 Å². The van der Waals surface area contributed by atoms with Crippen molar-refractivity contribution in [3.63, 3.8) is 0 Å². The number of carboxylic acid groups (broad SMARTS) is 1. The molecule has 0 aliphatic carbocycles. The maximum Gasteiger partial charge on any atom is 0.335 e. The highest BCUT2D eigenvalue weighted by atomic mass is 35.5. The molecule has 1 N–H and O–H groups in total. The van der Waals surface area contributed by atoms with Crippen LogP contribution in [0, 0.1) is 6.92 Å². The fraction of sp³-hybridized carbons (Fsp3) is 0.391. The minimum absolute atomic E-state index is 0.00980. The highest BCUT2D eigenvalue weighted by Crippen LogP contribution is 2.39. The van der Waals surface area contributed by atoms with Gasteiger partial charge in [-0.3, -0.25) is 4.79 Å². The Morgan fingerprint density at radius 3 is 2.44 bits per heavy atom. The van der Waals surface area contributed by atoms with Gasteiger partial charge < -0.3 is 29.0 Å². The second-order valence-electron chi connectivity index (χ2n) is 7.41. The average Bonchev–Trinajstić information content (AvgIpc) is 3.26. The van der Waals surface area contributed by atoms with E-state index in [9.17, 15) is 14.7 Å². The van der Waals surface area contributed by atoms with E-state index in [1.807, 2.05) is 6.92 Å². The van der Waals surface area contributed by atoms with Crippen LogP contribution in [0.3, 0.4) is 0 Å². The molecule has 32 heavy (non-hydrogen) atoms. The number of nitrogens with zero attached hydrogens (tertiary/aromatic N) is 1. The number of rotatable bonds is 9. The lowest BCUT2D eigenvalue weighted by Crippen LogP contribution is -2.31. The molecule has 1 aliphatic heterocycles. The Kier molecular flexibility index (Phi) is 7.95. The first-order chi connectivity index (χ1) is 15.4. The summed E-state index contributed by atoms with van der Waals surface area (Å²) in [7, 11) is 2.97. The van der Waals surface area contributed by atoms with Gasteiger partial charge in [0.1, 0.15) is 11.5 Å². The SMILES string of the molecule is COCOc1cc(OCOC)c(C(=O)N2CCCC2c2cc(C(=O)O)ccc2C)cc1Cl. The van der Waals surface area contributed by atoms with Crippen molar-refractivity contribution in [2.24, 2.45) is 0 Å². The van der Waals surface area contributed by atoms with E-state index in [1.54, 1.807) is 23.1 Å². The summed E-state index contributed by atoms with van der Waals surface area (Å²) in [5.41, 5.74) is 2.21. The van der Waals surface area contributed by atoms with Gasteiger partial charge in [0.2, 0.25) is 0 Å². The zero-order valence-corrected chi connectivity index (χ0v) is 19.0. The Labute approximate surface area is 191 Å². The molecular formula is C23H26ClNO7. The average molecular weight is 464 g/mol. The minimum atomic E-state index is -1.00. The summed E-state index contributed by atoms with van der Waals surface area (Å²) in [6, 6.07) is 7.78. The Balaban J connectivity index is 1.97. The third-order valence-corrected chi connectivity index (χ3v) is 5.62. The van der Waals surface area contributed by atoms with Crippen LogP contribution in [0.2, 0.25) is 5.02 Å². The van der Waals surface area contributed by atoms with Crippen LogP contribution in [-0.4, -0.2) is 56.2 Å². The molecule has 1 fully saturated rings. The van der Waals surface area contributed by atoms with Gasteiger partial charge in [0, 0.05) is 26.8 Å². The Morgan fingerprint density at radius 1 is 1.09 bits per heavy atom. The molecular weight excluding hydrogens is 438 g/mol. The van der Waals surface area contributed by atoms with Crippen molar-refractivity contribution in [1.82, 2.24) is 4.90 Å². The number of benzene rings is 2. The zero-order chi connectivity index (χ0) is 23.3. The Hall–Kier alpha value is -2.81. The minimum Gasteiger partial charge on any atom is -0.478 e. The number of amides is 1. The van der Waals surface area contributed by atoms with Crippen molar-refractivity contribution in [1.29, 1.82) is 0 Å². The van der Waals surface area contributed by atoms with E-state index in [0.29, 0.717) is 12.3 Å². The number of carboxylic acids is 1. The fourth-order valence-corrected chi connectivity index (χ4v) is 4.02. The first kappa shape index (κ1) is 23.8. The highest BCUT2D eigenvalue weighted by Gasteiger charge is 2.33. The standard InChI is InChI=1S/C23H26ClNO7/c1-14-6-7-15(23(27)28)9-16(14)19-5-4-8-25(19)22(26)17-10-18(24)21(32-13-30-3)11-20(17)31-12-29-2/h6-7,9-11,19H,4-5,8,12-13H2,1-3H3,(H,27,28). The van der Waals surface area contributed by atoms with Crippen LogP contribution in [0.1, 0.15) is 50.7 Å². The number of methoxy groups -OCH3 is 2. The molecule has 172 valence electrons. The Bertz CT molecular complexity index is 995. The summed E-state index contributed by atoms with van der Waals surface area (Å²) in [5, 5.41) is 9.63. The molecule has 9 heteroatoms. The smallest absolute Gasteiger partial charge is 0.335 e.